The van der Waals surface area contributed by atoms with Gasteiger partial charge >= 0.3 is 0 Å². The number of ether oxygens (including phenoxy) is 1. The highest BCUT2D eigenvalue weighted by Crippen LogP contribution is 2.34. The summed E-state index contributed by atoms with van der Waals surface area (Å²) in [5.41, 5.74) is 3.48. The lowest BCUT2D eigenvalue weighted by molar-refractivity contribution is 0.404. The molecule has 0 aliphatic heterocycles. The van der Waals surface area contributed by atoms with Crippen LogP contribution in [0.4, 0.5) is 0 Å². The fourth-order valence-corrected chi connectivity index (χ4v) is 3.09. The molecule has 0 aromatic heterocycles. The predicted octanol–water partition coefficient (Wildman–Crippen LogP) is 5.12. The van der Waals surface area contributed by atoms with Gasteiger partial charge in [-0.3, -0.25) is 0 Å². The van der Waals surface area contributed by atoms with Gasteiger partial charge < -0.3 is 10.1 Å². The molecule has 0 aliphatic rings. The van der Waals surface area contributed by atoms with Gasteiger partial charge in [-0.15, -0.1) is 0 Å². The lowest BCUT2D eigenvalue weighted by Crippen LogP contribution is -2.23. The minimum atomic E-state index is 0.0692. The predicted molar refractivity (Wildman–Crippen MR) is 92.4 cm³/mol. The summed E-state index contributed by atoms with van der Waals surface area (Å²) >= 11 is 9.62. The molecule has 1 N–H and O–H groups in total. The summed E-state index contributed by atoms with van der Waals surface area (Å²) in [6.07, 6.45) is 0. The molecule has 21 heavy (non-hydrogen) atoms. The number of hydrogen-bond donors (Lipinski definition) is 1. The minimum Gasteiger partial charge on any atom is -0.496 e. The zero-order valence-corrected chi connectivity index (χ0v) is 14.8. The van der Waals surface area contributed by atoms with Crippen molar-refractivity contribution in [3.63, 3.8) is 0 Å². The van der Waals surface area contributed by atoms with E-state index in [9.17, 15) is 0 Å². The van der Waals surface area contributed by atoms with Crippen LogP contribution in [0.1, 0.15) is 29.7 Å². The highest BCUT2D eigenvalue weighted by molar-refractivity contribution is 9.10. The molecule has 2 nitrogen and oxygen atoms in total. The number of aryl methyl sites for hydroxylation is 1. The maximum Gasteiger partial charge on any atom is 0.124 e. The van der Waals surface area contributed by atoms with E-state index in [1.165, 1.54) is 5.56 Å². The number of methoxy groups -OCH3 is 1. The van der Waals surface area contributed by atoms with E-state index >= 15 is 0 Å². The van der Waals surface area contributed by atoms with Crippen LogP contribution in [0.15, 0.2) is 40.9 Å². The molecule has 0 heterocycles. The maximum absolute atomic E-state index is 6.08. The van der Waals surface area contributed by atoms with Crippen molar-refractivity contribution in [3.05, 3.63) is 62.6 Å². The standard InChI is InChI=1S/C17H19BrClNO/c1-4-20-17(14-7-6-13(19)9-11(14)2)15-10-12(18)5-8-16(15)21-3/h5-10,17,20H,4H2,1-3H3. The Kier molecular flexibility index (Phi) is 5.68. The summed E-state index contributed by atoms with van der Waals surface area (Å²) in [5.74, 6) is 0.874. The van der Waals surface area contributed by atoms with Gasteiger partial charge in [-0.1, -0.05) is 40.5 Å². The second kappa shape index (κ2) is 7.30. The first-order chi connectivity index (χ1) is 10.1. The smallest absolute Gasteiger partial charge is 0.124 e. The topological polar surface area (TPSA) is 21.3 Å². The van der Waals surface area contributed by atoms with Gasteiger partial charge in [-0.25, -0.2) is 0 Å². The van der Waals surface area contributed by atoms with Gasteiger partial charge in [0.1, 0.15) is 5.75 Å². The summed E-state index contributed by atoms with van der Waals surface area (Å²) in [6, 6.07) is 12.1. The van der Waals surface area contributed by atoms with Crippen LogP contribution in [0, 0.1) is 6.92 Å². The molecule has 0 spiro atoms. The Bertz CT molecular complexity index is 630. The van der Waals surface area contributed by atoms with Crippen molar-refractivity contribution < 1.29 is 4.74 Å². The largest absolute Gasteiger partial charge is 0.496 e. The highest BCUT2D eigenvalue weighted by atomic mass is 79.9. The summed E-state index contributed by atoms with van der Waals surface area (Å²) in [4.78, 5) is 0. The van der Waals surface area contributed by atoms with Gasteiger partial charge in [0.15, 0.2) is 0 Å². The fraction of sp³-hybridized carbons (Fsp3) is 0.294. The van der Waals surface area contributed by atoms with Crippen LogP contribution in [0.3, 0.4) is 0 Å². The van der Waals surface area contributed by atoms with Crippen LogP contribution in [-0.4, -0.2) is 13.7 Å². The summed E-state index contributed by atoms with van der Waals surface area (Å²) in [7, 11) is 1.70. The molecule has 4 heteroatoms. The Balaban J connectivity index is 2.55. The average molecular weight is 369 g/mol. The van der Waals surface area contributed by atoms with E-state index in [0.717, 1.165) is 32.9 Å². The lowest BCUT2D eigenvalue weighted by Gasteiger charge is -2.23. The van der Waals surface area contributed by atoms with E-state index < -0.39 is 0 Å². The third-order valence-electron chi connectivity index (χ3n) is 3.45. The Morgan fingerprint density at radius 1 is 1.19 bits per heavy atom. The molecule has 112 valence electrons. The van der Waals surface area contributed by atoms with Crippen LogP contribution < -0.4 is 10.1 Å². The maximum atomic E-state index is 6.08. The molecule has 0 fully saturated rings. The molecule has 2 aromatic rings. The fourth-order valence-electron chi connectivity index (χ4n) is 2.49. The monoisotopic (exact) mass is 367 g/mol. The normalized spacial score (nSPS) is 12.2. The third kappa shape index (κ3) is 3.79. The Hall–Kier alpha value is -1.03. The average Bonchev–Trinajstić information content (AvgIpc) is 2.45. The molecule has 0 saturated carbocycles. The van der Waals surface area contributed by atoms with Gasteiger partial charge in [0.25, 0.3) is 0 Å². The van der Waals surface area contributed by atoms with Crippen LogP contribution in [0.25, 0.3) is 0 Å². The van der Waals surface area contributed by atoms with Crippen LogP contribution >= 0.6 is 27.5 Å². The van der Waals surface area contributed by atoms with Crippen LogP contribution in [-0.2, 0) is 0 Å². The quantitative estimate of drug-likeness (QED) is 0.791. The van der Waals surface area contributed by atoms with Crippen molar-refractivity contribution in [2.75, 3.05) is 13.7 Å². The van der Waals surface area contributed by atoms with E-state index in [0.29, 0.717) is 0 Å². The molecular formula is C17H19BrClNO. The first-order valence-corrected chi connectivity index (χ1v) is 8.06. The minimum absolute atomic E-state index is 0.0692. The lowest BCUT2D eigenvalue weighted by atomic mass is 9.94. The Morgan fingerprint density at radius 3 is 2.57 bits per heavy atom. The van der Waals surface area contributed by atoms with Crippen molar-refractivity contribution in [2.24, 2.45) is 0 Å². The molecule has 0 bridgehead atoms. The molecule has 2 rings (SSSR count). The van der Waals surface area contributed by atoms with Gasteiger partial charge in [0, 0.05) is 15.1 Å². The van der Waals surface area contributed by atoms with E-state index in [4.69, 9.17) is 16.3 Å². The number of benzene rings is 2. The molecule has 0 saturated heterocycles. The molecule has 2 aromatic carbocycles. The molecule has 0 radical (unpaired) electrons. The van der Waals surface area contributed by atoms with Crippen molar-refractivity contribution in [3.8, 4) is 5.75 Å². The molecule has 1 atom stereocenters. The molecule has 0 amide bonds. The van der Waals surface area contributed by atoms with Crippen LogP contribution in [0.5, 0.6) is 5.75 Å². The molecule has 1 unspecified atom stereocenters. The van der Waals surface area contributed by atoms with E-state index in [2.05, 4.69) is 47.2 Å². The Morgan fingerprint density at radius 2 is 1.95 bits per heavy atom. The first-order valence-electron chi connectivity index (χ1n) is 6.89. The van der Waals surface area contributed by atoms with Crippen molar-refractivity contribution in [1.82, 2.24) is 5.32 Å². The van der Waals surface area contributed by atoms with Gasteiger partial charge in [0.2, 0.25) is 0 Å². The van der Waals surface area contributed by atoms with Crippen molar-refractivity contribution in [1.29, 1.82) is 0 Å². The number of nitrogens with one attached hydrogen (secondary N) is 1. The Labute approximate surface area is 139 Å². The van der Waals surface area contributed by atoms with E-state index in [-0.39, 0.29) is 6.04 Å². The van der Waals surface area contributed by atoms with E-state index in [1.54, 1.807) is 7.11 Å². The molecule has 0 aliphatic carbocycles. The zero-order chi connectivity index (χ0) is 15.4. The number of hydrogen-bond acceptors (Lipinski definition) is 2. The van der Waals surface area contributed by atoms with Gasteiger partial charge in [0.05, 0.1) is 13.2 Å². The van der Waals surface area contributed by atoms with Crippen LogP contribution in [0.2, 0.25) is 5.02 Å². The first kappa shape index (κ1) is 16.3. The van der Waals surface area contributed by atoms with Gasteiger partial charge in [-0.2, -0.15) is 0 Å². The third-order valence-corrected chi connectivity index (χ3v) is 4.18. The summed E-state index contributed by atoms with van der Waals surface area (Å²) in [5, 5.41) is 4.29. The summed E-state index contributed by atoms with van der Waals surface area (Å²) in [6.45, 7) is 5.04. The second-order valence-electron chi connectivity index (χ2n) is 4.88. The SMILES string of the molecule is CCNC(c1ccc(Cl)cc1C)c1cc(Br)ccc1OC. The molecular weight excluding hydrogens is 350 g/mol. The second-order valence-corrected chi connectivity index (χ2v) is 6.23. The number of rotatable bonds is 5. The van der Waals surface area contributed by atoms with Gasteiger partial charge in [-0.05, 0) is 54.9 Å². The van der Waals surface area contributed by atoms with Crippen molar-refractivity contribution >= 4 is 27.5 Å². The highest BCUT2D eigenvalue weighted by Gasteiger charge is 2.19. The van der Waals surface area contributed by atoms with Crippen molar-refractivity contribution in [2.45, 2.75) is 19.9 Å². The summed E-state index contributed by atoms with van der Waals surface area (Å²) < 4.78 is 6.56. The van der Waals surface area contributed by atoms with E-state index in [1.807, 2.05) is 24.3 Å². The number of halogens is 2. The zero-order valence-electron chi connectivity index (χ0n) is 12.4.